The summed E-state index contributed by atoms with van der Waals surface area (Å²) in [5.74, 6) is -0.283. The van der Waals surface area contributed by atoms with Crippen molar-refractivity contribution in [1.29, 1.82) is 0 Å². The maximum Gasteiger partial charge on any atom is 0.274 e. The Morgan fingerprint density at radius 2 is 1.70 bits per heavy atom. The average Bonchev–Trinajstić information content (AvgIpc) is 2.63. The molecule has 3 aromatic rings. The predicted molar refractivity (Wildman–Crippen MR) is 108 cm³/mol. The van der Waals surface area contributed by atoms with Crippen LogP contribution in [0.3, 0.4) is 0 Å². The van der Waals surface area contributed by atoms with Crippen molar-refractivity contribution in [3.63, 3.8) is 0 Å². The first-order valence-electron chi connectivity index (χ1n) is 9.19. The van der Waals surface area contributed by atoms with Crippen molar-refractivity contribution in [3.05, 3.63) is 75.2 Å². The van der Waals surface area contributed by atoms with Gasteiger partial charge >= 0.3 is 0 Å². The van der Waals surface area contributed by atoms with Crippen LogP contribution in [0.1, 0.15) is 60.0 Å². The van der Waals surface area contributed by atoms with Crippen molar-refractivity contribution in [2.45, 2.75) is 46.7 Å². The second-order valence-electron chi connectivity index (χ2n) is 7.29. The summed E-state index contributed by atoms with van der Waals surface area (Å²) >= 11 is 0. The lowest BCUT2D eigenvalue weighted by molar-refractivity contribution is 0.0934. The minimum absolute atomic E-state index is 0.134. The monoisotopic (exact) mass is 363 g/mol. The fourth-order valence-electron chi connectivity index (χ4n) is 3.29. The van der Waals surface area contributed by atoms with E-state index in [0.717, 1.165) is 16.7 Å². The van der Waals surface area contributed by atoms with Crippen LogP contribution in [0.25, 0.3) is 10.8 Å². The lowest BCUT2D eigenvalue weighted by Gasteiger charge is -2.18. The van der Waals surface area contributed by atoms with E-state index in [1.54, 1.807) is 18.2 Å². The van der Waals surface area contributed by atoms with Gasteiger partial charge in [0.2, 0.25) is 0 Å². The number of nitrogens with one attached hydrogen (secondary N) is 1. The molecule has 0 saturated heterocycles. The number of hydrogen-bond acceptors (Lipinski definition) is 3. The summed E-state index contributed by atoms with van der Waals surface area (Å²) in [5.41, 5.74) is 3.44. The van der Waals surface area contributed by atoms with Crippen molar-refractivity contribution in [2.24, 2.45) is 0 Å². The van der Waals surface area contributed by atoms with Crippen molar-refractivity contribution in [2.75, 3.05) is 0 Å². The summed E-state index contributed by atoms with van der Waals surface area (Å²) in [6.07, 6.45) is 0. The molecule has 1 atom stereocenters. The van der Waals surface area contributed by atoms with E-state index in [4.69, 9.17) is 0 Å². The van der Waals surface area contributed by atoms with Gasteiger partial charge in [0.05, 0.1) is 17.5 Å². The van der Waals surface area contributed by atoms with E-state index < -0.39 is 0 Å². The number of hydrogen-bond donors (Lipinski definition) is 1. The Balaban J connectivity index is 2.04. The Labute approximate surface area is 159 Å². The van der Waals surface area contributed by atoms with Crippen LogP contribution in [0.5, 0.6) is 0 Å². The van der Waals surface area contributed by atoms with Crippen molar-refractivity contribution < 1.29 is 4.79 Å². The highest BCUT2D eigenvalue weighted by atomic mass is 16.2. The van der Waals surface area contributed by atoms with E-state index in [2.05, 4.69) is 28.6 Å². The molecule has 1 aromatic heterocycles. The zero-order valence-corrected chi connectivity index (χ0v) is 16.4. The topological polar surface area (TPSA) is 64.0 Å². The quantitative estimate of drug-likeness (QED) is 0.759. The number of aromatic nitrogens is 2. The summed E-state index contributed by atoms with van der Waals surface area (Å²) in [5, 5.41) is 8.50. The first-order valence-corrected chi connectivity index (χ1v) is 9.19. The standard InChI is InChI=1S/C22H25N3O2/c1-13(2)25-22(27)18-9-7-6-8-17(18)20(24-25)21(26)23-16(5)19-12-14(3)10-11-15(19)4/h6-13,16H,1-5H3,(H,23,26). The highest BCUT2D eigenvalue weighted by Gasteiger charge is 2.20. The van der Waals surface area contributed by atoms with E-state index in [-0.39, 0.29) is 29.2 Å². The first-order chi connectivity index (χ1) is 12.8. The van der Waals surface area contributed by atoms with Gasteiger partial charge in [-0.2, -0.15) is 5.10 Å². The Morgan fingerprint density at radius 3 is 2.37 bits per heavy atom. The molecule has 1 heterocycles. The highest BCUT2D eigenvalue weighted by molar-refractivity contribution is 6.04. The minimum Gasteiger partial charge on any atom is -0.344 e. The summed E-state index contributed by atoms with van der Waals surface area (Å²) in [6, 6.07) is 13.0. The number of benzene rings is 2. The molecule has 0 aliphatic heterocycles. The predicted octanol–water partition coefficient (Wildman–Crippen LogP) is 4.09. The van der Waals surface area contributed by atoms with Gasteiger partial charge in [0.15, 0.2) is 5.69 Å². The van der Waals surface area contributed by atoms with E-state index in [9.17, 15) is 9.59 Å². The second kappa shape index (κ2) is 7.35. The second-order valence-corrected chi connectivity index (χ2v) is 7.29. The molecule has 0 aliphatic carbocycles. The Bertz CT molecular complexity index is 1070. The maximum atomic E-state index is 13.0. The molecule has 1 unspecified atom stereocenters. The lowest BCUT2D eigenvalue weighted by atomic mass is 10.00. The fourth-order valence-corrected chi connectivity index (χ4v) is 3.29. The molecule has 0 bridgehead atoms. The fraction of sp³-hybridized carbons (Fsp3) is 0.318. The van der Waals surface area contributed by atoms with Gasteiger partial charge in [-0.1, -0.05) is 42.0 Å². The third kappa shape index (κ3) is 3.63. The van der Waals surface area contributed by atoms with E-state index in [1.165, 1.54) is 4.68 Å². The summed E-state index contributed by atoms with van der Waals surface area (Å²) in [7, 11) is 0. The molecule has 0 radical (unpaired) electrons. The number of nitrogens with zero attached hydrogens (tertiary/aromatic N) is 2. The molecule has 2 aromatic carbocycles. The van der Waals surface area contributed by atoms with Crippen LogP contribution in [0.15, 0.2) is 47.3 Å². The van der Waals surface area contributed by atoms with E-state index >= 15 is 0 Å². The summed E-state index contributed by atoms with van der Waals surface area (Å²) in [4.78, 5) is 25.7. The van der Waals surface area contributed by atoms with Crippen LogP contribution in [0, 0.1) is 13.8 Å². The van der Waals surface area contributed by atoms with Crippen LogP contribution < -0.4 is 10.9 Å². The lowest BCUT2D eigenvalue weighted by Crippen LogP contribution is -2.33. The number of carbonyl (C=O) groups excluding carboxylic acids is 1. The third-order valence-electron chi connectivity index (χ3n) is 4.78. The Morgan fingerprint density at radius 1 is 1.04 bits per heavy atom. The smallest absolute Gasteiger partial charge is 0.274 e. The number of amides is 1. The molecule has 5 nitrogen and oxygen atoms in total. The molecule has 1 N–H and O–H groups in total. The zero-order valence-electron chi connectivity index (χ0n) is 16.4. The zero-order chi connectivity index (χ0) is 19.7. The Kier molecular flexibility index (Phi) is 5.13. The molecule has 0 aliphatic rings. The van der Waals surface area contributed by atoms with Crippen LogP contribution >= 0.6 is 0 Å². The summed E-state index contributed by atoms with van der Waals surface area (Å²) < 4.78 is 1.37. The normalized spacial score (nSPS) is 12.4. The third-order valence-corrected chi connectivity index (χ3v) is 4.78. The molecule has 140 valence electrons. The first kappa shape index (κ1) is 18.8. The molecule has 0 spiro atoms. The Hall–Kier alpha value is -2.95. The van der Waals surface area contributed by atoms with Gasteiger partial charge in [0.1, 0.15) is 0 Å². The number of fused-ring (bicyclic) bond motifs is 1. The van der Waals surface area contributed by atoms with Gasteiger partial charge in [0.25, 0.3) is 11.5 Å². The van der Waals surface area contributed by atoms with E-state index in [1.807, 2.05) is 40.7 Å². The highest BCUT2D eigenvalue weighted by Crippen LogP contribution is 2.20. The van der Waals surface area contributed by atoms with Gasteiger partial charge in [-0.3, -0.25) is 9.59 Å². The van der Waals surface area contributed by atoms with Gasteiger partial charge in [0, 0.05) is 5.39 Å². The van der Waals surface area contributed by atoms with Crippen molar-refractivity contribution in [1.82, 2.24) is 15.1 Å². The average molecular weight is 363 g/mol. The molecular weight excluding hydrogens is 338 g/mol. The van der Waals surface area contributed by atoms with Gasteiger partial charge in [-0.15, -0.1) is 0 Å². The van der Waals surface area contributed by atoms with Crippen LogP contribution in [0.2, 0.25) is 0 Å². The van der Waals surface area contributed by atoms with Crippen molar-refractivity contribution in [3.8, 4) is 0 Å². The molecule has 0 fully saturated rings. The van der Waals surface area contributed by atoms with Gasteiger partial charge in [-0.25, -0.2) is 4.68 Å². The SMILES string of the molecule is Cc1ccc(C)c(C(C)NC(=O)c2nn(C(C)C)c(=O)c3ccccc23)c1. The largest absolute Gasteiger partial charge is 0.344 e. The number of aryl methyl sites for hydroxylation is 2. The van der Waals surface area contributed by atoms with E-state index in [0.29, 0.717) is 10.8 Å². The molecule has 0 saturated carbocycles. The maximum absolute atomic E-state index is 13.0. The molecule has 5 heteroatoms. The summed E-state index contributed by atoms with van der Waals surface area (Å²) in [6.45, 7) is 9.78. The molecule has 1 amide bonds. The number of rotatable bonds is 4. The van der Waals surface area contributed by atoms with Gasteiger partial charge < -0.3 is 5.32 Å². The van der Waals surface area contributed by atoms with Crippen LogP contribution in [-0.2, 0) is 0 Å². The number of carbonyl (C=O) groups is 1. The van der Waals surface area contributed by atoms with Gasteiger partial charge in [-0.05, 0) is 51.8 Å². The molecule has 27 heavy (non-hydrogen) atoms. The molecule has 3 rings (SSSR count). The minimum atomic E-state index is -0.283. The van der Waals surface area contributed by atoms with Crippen molar-refractivity contribution >= 4 is 16.7 Å². The molecular formula is C22H25N3O2. The van der Waals surface area contributed by atoms with Crippen LogP contribution in [-0.4, -0.2) is 15.7 Å². The van der Waals surface area contributed by atoms with Crippen LogP contribution in [0.4, 0.5) is 0 Å².